The molecule has 1 N–H and O–H groups in total. The predicted octanol–water partition coefficient (Wildman–Crippen LogP) is 2.11. The van der Waals surface area contributed by atoms with Crippen LogP contribution in [0.4, 0.5) is 5.82 Å². The molecule has 0 saturated carbocycles. The molecule has 0 spiro atoms. The lowest BCUT2D eigenvalue weighted by Gasteiger charge is -2.04. The predicted molar refractivity (Wildman–Crippen MR) is 68.3 cm³/mol. The van der Waals surface area contributed by atoms with E-state index in [1.807, 2.05) is 24.3 Å². The van der Waals surface area contributed by atoms with Crippen LogP contribution in [0.1, 0.15) is 6.92 Å². The van der Waals surface area contributed by atoms with E-state index in [9.17, 15) is 4.79 Å². The maximum Gasteiger partial charge on any atom is 0.222 e. The van der Waals surface area contributed by atoms with Gasteiger partial charge in [0.1, 0.15) is 5.75 Å². The fourth-order valence-electron chi connectivity index (χ4n) is 1.48. The molecule has 1 aromatic heterocycles. The third-order valence-electron chi connectivity index (χ3n) is 2.34. The highest BCUT2D eigenvalue weighted by molar-refractivity contribution is 5.87. The number of nitrogens with zero attached hydrogens (tertiary/aromatic N) is 2. The van der Waals surface area contributed by atoms with Gasteiger partial charge in [0.2, 0.25) is 5.91 Å². The number of carbonyl (C=O) groups excluding carboxylic acids is 1. The van der Waals surface area contributed by atoms with E-state index in [0.29, 0.717) is 5.82 Å². The number of ether oxygens (including phenoxy) is 1. The van der Waals surface area contributed by atoms with Gasteiger partial charge in [0.25, 0.3) is 0 Å². The first kappa shape index (κ1) is 12.0. The standard InChI is InChI=1S/C13H13N3O2/c1-9(17)16-13-8-14-12(7-15-13)10-3-5-11(18-2)6-4-10/h3-8H,1-2H3,(H,15,16,17). The van der Waals surface area contributed by atoms with Crippen LogP contribution < -0.4 is 10.1 Å². The first-order valence-electron chi connectivity index (χ1n) is 5.43. The van der Waals surface area contributed by atoms with Crippen molar-refractivity contribution >= 4 is 11.7 Å². The number of aromatic nitrogens is 2. The lowest BCUT2D eigenvalue weighted by atomic mass is 10.1. The molecule has 0 unspecified atom stereocenters. The van der Waals surface area contributed by atoms with Gasteiger partial charge in [-0.3, -0.25) is 9.78 Å². The summed E-state index contributed by atoms with van der Waals surface area (Å²) in [4.78, 5) is 19.2. The lowest BCUT2D eigenvalue weighted by Crippen LogP contribution is -2.07. The molecule has 0 aliphatic heterocycles. The van der Waals surface area contributed by atoms with Crippen molar-refractivity contribution in [1.29, 1.82) is 0 Å². The van der Waals surface area contributed by atoms with Crippen LogP contribution in [0.3, 0.4) is 0 Å². The maximum absolute atomic E-state index is 10.8. The zero-order valence-corrected chi connectivity index (χ0v) is 10.2. The monoisotopic (exact) mass is 243 g/mol. The van der Waals surface area contributed by atoms with Crippen molar-refractivity contribution in [3.63, 3.8) is 0 Å². The number of carbonyl (C=O) groups is 1. The molecule has 2 aromatic rings. The largest absolute Gasteiger partial charge is 0.497 e. The number of rotatable bonds is 3. The van der Waals surface area contributed by atoms with Gasteiger partial charge >= 0.3 is 0 Å². The number of anilines is 1. The quantitative estimate of drug-likeness (QED) is 0.896. The number of benzene rings is 1. The van der Waals surface area contributed by atoms with E-state index in [-0.39, 0.29) is 5.91 Å². The molecular weight excluding hydrogens is 230 g/mol. The van der Waals surface area contributed by atoms with E-state index in [0.717, 1.165) is 17.0 Å². The number of hydrogen-bond acceptors (Lipinski definition) is 4. The molecule has 0 radical (unpaired) electrons. The van der Waals surface area contributed by atoms with Gasteiger partial charge in [0.05, 0.1) is 25.2 Å². The van der Waals surface area contributed by atoms with Gasteiger partial charge in [-0.25, -0.2) is 4.98 Å². The highest BCUT2D eigenvalue weighted by Gasteiger charge is 2.02. The summed E-state index contributed by atoms with van der Waals surface area (Å²) in [6, 6.07) is 7.53. The molecule has 0 bridgehead atoms. The Kier molecular flexibility index (Phi) is 3.52. The summed E-state index contributed by atoms with van der Waals surface area (Å²) in [7, 11) is 1.62. The summed E-state index contributed by atoms with van der Waals surface area (Å²) in [5, 5.41) is 2.57. The second-order valence-corrected chi connectivity index (χ2v) is 3.70. The summed E-state index contributed by atoms with van der Waals surface area (Å²) in [5.74, 6) is 1.07. The zero-order valence-electron chi connectivity index (χ0n) is 10.2. The average molecular weight is 243 g/mol. The topological polar surface area (TPSA) is 64.1 Å². The Balaban J connectivity index is 2.20. The van der Waals surface area contributed by atoms with E-state index in [4.69, 9.17) is 4.74 Å². The summed E-state index contributed by atoms with van der Waals surface area (Å²) in [6.45, 7) is 1.43. The molecular formula is C13H13N3O2. The van der Waals surface area contributed by atoms with Crippen molar-refractivity contribution in [2.75, 3.05) is 12.4 Å². The van der Waals surface area contributed by atoms with Crippen molar-refractivity contribution in [2.24, 2.45) is 0 Å². The van der Waals surface area contributed by atoms with Crippen molar-refractivity contribution in [2.45, 2.75) is 6.92 Å². The fraction of sp³-hybridized carbons (Fsp3) is 0.154. The second-order valence-electron chi connectivity index (χ2n) is 3.70. The van der Waals surface area contributed by atoms with Gasteiger partial charge in [-0.15, -0.1) is 0 Å². The normalized spacial score (nSPS) is 9.89. The zero-order chi connectivity index (χ0) is 13.0. The number of nitrogens with one attached hydrogen (secondary N) is 1. The van der Waals surface area contributed by atoms with Crippen LogP contribution in [0.25, 0.3) is 11.3 Å². The summed E-state index contributed by atoms with van der Waals surface area (Å²) in [5.41, 5.74) is 1.68. The van der Waals surface area contributed by atoms with Crippen LogP contribution in [-0.4, -0.2) is 23.0 Å². The Bertz CT molecular complexity index is 535. The van der Waals surface area contributed by atoms with Gasteiger partial charge in [-0.1, -0.05) is 0 Å². The van der Waals surface area contributed by atoms with Gasteiger partial charge in [-0.2, -0.15) is 0 Å². The van der Waals surface area contributed by atoms with E-state index in [2.05, 4.69) is 15.3 Å². The van der Waals surface area contributed by atoms with Crippen LogP contribution in [0.5, 0.6) is 5.75 Å². The second kappa shape index (κ2) is 5.27. The minimum absolute atomic E-state index is 0.165. The Morgan fingerprint density at radius 1 is 1.17 bits per heavy atom. The van der Waals surface area contributed by atoms with Crippen molar-refractivity contribution in [3.05, 3.63) is 36.7 Å². The SMILES string of the molecule is COc1ccc(-c2cnc(NC(C)=O)cn2)cc1. The third-order valence-corrected chi connectivity index (χ3v) is 2.34. The first-order valence-corrected chi connectivity index (χ1v) is 5.43. The van der Waals surface area contributed by atoms with Crippen LogP contribution in [-0.2, 0) is 4.79 Å². The van der Waals surface area contributed by atoms with Crippen LogP contribution in [0.2, 0.25) is 0 Å². The molecule has 0 aliphatic carbocycles. The number of methoxy groups -OCH3 is 1. The van der Waals surface area contributed by atoms with Gasteiger partial charge in [0, 0.05) is 12.5 Å². The molecule has 1 aromatic carbocycles. The van der Waals surface area contributed by atoms with Crippen LogP contribution in [0.15, 0.2) is 36.7 Å². The molecule has 0 fully saturated rings. The van der Waals surface area contributed by atoms with E-state index < -0.39 is 0 Å². The molecule has 0 aliphatic rings. The van der Waals surface area contributed by atoms with E-state index in [1.165, 1.54) is 13.1 Å². The van der Waals surface area contributed by atoms with Gasteiger partial charge < -0.3 is 10.1 Å². The van der Waals surface area contributed by atoms with Gasteiger partial charge in [0.15, 0.2) is 5.82 Å². The van der Waals surface area contributed by atoms with Crippen LogP contribution in [0, 0.1) is 0 Å². The summed E-state index contributed by atoms with van der Waals surface area (Å²) in [6.07, 6.45) is 3.15. The smallest absolute Gasteiger partial charge is 0.222 e. The van der Waals surface area contributed by atoms with Crippen LogP contribution >= 0.6 is 0 Å². The minimum atomic E-state index is -0.165. The van der Waals surface area contributed by atoms with E-state index >= 15 is 0 Å². The Labute approximate surface area is 105 Å². The molecule has 92 valence electrons. The van der Waals surface area contributed by atoms with Crippen molar-refractivity contribution < 1.29 is 9.53 Å². The molecule has 1 heterocycles. The molecule has 0 atom stereocenters. The molecule has 5 nitrogen and oxygen atoms in total. The maximum atomic E-state index is 10.8. The third kappa shape index (κ3) is 2.82. The van der Waals surface area contributed by atoms with Crippen molar-refractivity contribution in [1.82, 2.24) is 9.97 Å². The van der Waals surface area contributed by atoms with Crippen molar-refractivity contribution in [3.8, 4) is 17.0 Å². The molecule has 0 saturated heterocycles. The highest BCUT2D eigenvalue weighted by Crippen LogP contribution is 2.20. The number of hydrogen-bond donors (Lipinski definition) is 1. The summed E-state index contributed by atoms with van der Waals surface area (Å²) >= 11 is 0. The molecule has 18 heavy (non-hydrogen) atoms. The fourth-order valence-corrected chi connectivity index (χ4v) is 1.48. The number of amides is 1. The molecule has 2 rings (SSSR count). The van der Waals surface area contributed by atoms with E-state index in [1.54, 1.807) is 13.3 Å². The average Bonchev–Trinajstić information content (AvgIpc) is 2.39. The Hall–Kier alpha value is -2.43. The summed E-state index contributed by atoms with van der Waals surface area (Å²) < 4.78 is 5.08. The minimum Gasteiger partial charge on any atom is -0.497 e. The highest BCUT2D eigenvalue weighted by atomic mass is 16.5. The lowest BCUT2D eigenvalue weighted by molar-refractivity contribution is -0.114. The molecule has 1 amide bonds. The van der Waals surface area contributed by atoms with Gasteiger partial charge in [-0.05, 0) is 24.3 Å². The Morgan fingerprint density at radius 2 is 1.89 bits per heavy atom. The Morgan fingerprint density at radius 3 is 2.39 bits per heavy atom. The first-order chi connectivity index (χ1) is 8.69. The molecule has 5 heteroatoms.